The van der Waals surface area contributed by atoms with E-state index in [-0.39, 0.29) is 16.7 Å². The van der Waals surface area contributed by atoms with E-state index in [1.807, 2.05) is 43.0 Å². The van der Waals surface area contributed by atoms with Gasteiger partial charge in [-0.3, -0.25) is 4.79 Å². The van der Waals surface area contributed by atoms with Gasteiger partial charge in [-0.1, -0.05) is 32.0 Å². The van der Waals surface area contributed by atoms with E-state index in [4.69, 9.17) is 4.98 Å². The van der Waals surface area contributed by atoms with Gasteiger partial charge in [0.2, 0.25) is 10.0 Å². The van der Waals surface area contributed by atoms with E-state index in [9.17, 15) is 13.2 Å². The number of likely N-dealkylation sites (tertiary alicyclic amines) is 1. The number of amides is 1. The van der Waals surface area contributed by atoms with Crippen molar-refractivity contribution in [3.8, 4) is 0 Å². The molecule has 7 nitrogen and oxygen atoms in total. The number of nitrogens with zero attached hydrogens (tertiary/aromatic N) is 3. The standard InChI is InChI=1S/C24H30N4O3S/c1-4-28(5-2)32(30,31)22-15-18(13-12-17(22)3)24(29)27-14-8-9-19(16-27)23-25-20-10-6-7-11-21(20)26-23/h6-7,10-13,15,19H,4-5,8-9,14,16H2,1-3H3,(H,25,26)/t19-/m0/s1. The Bertz CT molecular complexity index is 1200. The number of carbonyl (C=O) groups excluding carboxylic acids is 1. The van der Waals surface area contributed by atoms with Crippen LogP contribution in [0, 0.1) is 6.92 Å². The number of carbonyl (C=O) groups is 1. The summed E-state index contributed by atoms with van der Waals surface area (Å²) in [4.78, 5) is 23.5. The molecular weight excluding hydrogens is 424 g/mol. The second-order valence-corrected chi connectivity index (χ2v) is 10.2. The SMILES string of the molecule is CCN(CC)S(=O)(=O)c1cc(C(=O)N2CCC[C@H](c3nc4ccccc4[nH]3)C2)ccc1C. The molecule has 0 saturated carbocycles. The maximum atomic E-state index is 13.3. The second kappa shape index (κ2) is 9.03. The number of para-hydroxylation sites is 2. The van der Waals surface area contributed by atoms with Crippen molar-refractivity contribution in [1.29, 1.82) is 0 Å². The number of benzene rings is 2. The number of aryl methyl sites for hydroxylation is 1. The van der Waals surface area contributed by atoms with Gasteiger partial charge < -0.3 is 9.88 Å². The number of H-pyrrole nitrogens is 1. The van der Waals surface area contributed by atoms with Gasteiger partial charge >= 0.3 is 0 Å². The van der Waals surface area contributed by atoms with E-state index in [0.717, 1.165) is 29.7 Å². The largest absolute Gasteiger partial charge is 0.342 e. The van der Waals surface area contributed by atoms with E-state index < -0.39 is 10.0 Å². The zero-order valence-electron chi connectivity index (χ0n) is 18.8. The molecule has 1 N–H and O–H groups in total. The minimum absolute atomic E-state index is 0.129. The fraction of sp³-hybridized carbons (Fsp3) is 0.417. The lowest BCUT2D eigenvalue weighted by Crippen LogP contribution is -2.39. The van der Waals surface area contributed by atoms with Crippen LogP contribution in [0.5, 0.6) is 0 Å². The highest BCUT2D eigenvalue weighted by atomic mass is 32.2. The number of fused-ring (bicyclic) bond motifs is 1. The molecule has 0 bridgehead atoms. The fourth-order valence-corrected chi connectivity index (χ4v) is 6.16. The van der Waals surface area contributed by atoms with Gasteiger partial charge in [-0.05, 0) is 49.6 Å². The normalized spacial score (nSPS) is 17.2. The third kappa shape index (κ3) is 4.17. The Morgan fingerprint density at radius 1 is 1.19 bits per heavy atom. The molecule has 0 spiro atoms. The van der Waals surface area contributed by atoms with Gasteiger partial charge in [0.15, 0.2) is 0 Å². The molecule has 1 fully saturated rings. The van der Waals surface area contributed by atoms with Crippen LogP contribution in [-0.4, -0.2) is 59.7 Å². The van der Waals surface area contributed by atoms with Gasteiger partial charge in [0.1, 0.15) is 5.82 Å². The number of hydrogen-bond donors (Lipinski definition) is 1. The van der Waals surface area contributed by atoms with E-state index in [1.54, 1.807) is 19.1 Å². The van der Waals surface area contributed by atoms with Crippen molar-refractivity contribution < 1.29 is 13.2 Å². The number of piperidine rings is 1. The first-order valence-corrected chi connectivity index (χ1v) is 12.6. The Balaban J connectivity index is 1.59. The lowest BCUT2D eigenvalue weighted by atomic mass is 9.96. The Hall–Kier alpha value is -2.71. The molecule has 1 aromatic heterocycles. The lowest BCUT2D eigenvalue weighted by Gasteiger charge is -2.32. The molecular formula is C24H30N4O3S. The monoisotopic (exact) mass is 454 g/mol. The third-order valence-electron chi connectivity index (χ3n) is 6.26. The van der Waals surface area contributed by atoms with E-state index >= 15 is 0 Å². The summed E-state index contributed by atoms with van der Waals surface area (Å²) in [7, 11) is -3.64. The molecule has 0 radical (unpaired) electrons. The minimum Gasteiger partial charge on any atom is -0.342 e. The van der Waals surface area contributed by atoms with Crippen LogP contribution in [0.4, 0.5) is 0 Å². The number of rotatable bonds is 6. The molecule has 4 rings (SSSR count). The number of nitrogens with one attached hydrogen (secondary N) is 1. The third-order valence-corrected chi connectivity index (χ3v) is 8.45. The van der Waals surface area contributed by atoms with Crippen molar-refractivity contribution in [3.05, 3.63) is 59.4 Å². The van der Waals surface area contributed by atoms with E-state index in [1.165, 1.54) is 10.4 Å². The maximum Gasteiger partial charge on any atom is 0.253 e. The van der Waals surface area contributed by atoms with Crippen molar-refractivity contribution in [2.45, 2.75) is 44.4 Å². The van der Waals surface area contributed by atoms with Crippen molar-refractivity contribution >= 4 is 27.0 Å². The van der Waals surface area contributed by atoms with Crippen LogP contribution in [0.1, 0.15) is 54.4 Å². The predicted molar refractivity (Wildman–Crippen MR) is 125 cm³/mol. The van der Waals surface area contributed by atoms with Crippen LogP contribution in [0.2, 0.25) is 0 Å². The van der Waals surface area contributed by atoms with Crippen LogP contribution in [0.25, 0.3) is 11.0 Å². The van der Waals surface area contributed by atoms with Crippen LogP contribution >= 0.6 is 0 Å². The smallest absolute Gasteiger partial charge is 0.253 e. The van der Waals surface area contributed by atoms with Crippen LogP contribution in [0.3, 0.4) is 0 Å². The van der Waals surface area contributed by atoms with E-state index in [2.05, 4.69) is 4.98 Å². The highest BCUT2D eigenvalue weighted by molar-refractivity contribution is 7.89. The molecule has 1 aliphatic rings. The molecule has 8 heteroatoms. The van der Waals surface area contributed by atoms with Crippen LogP contribution in [-0.2, 0) is 10.0 Å². The number of aromatic amines is 1. The molecule has 1 aliphatic heterocycles. The quantitative estimate of drug-likeness (QED) is 0.612. The van der Waals surface area contributed by atoms with E-state index in [0.29, 0.717) is 37.3 Å². The first-order valence-electron chi connectivity index (χ1n) is 11.2. The van der Waals surface area contributed by atoms with Crippen LogP contribution in [0.15, 0.2) is 47.4 Å². The number of aromatic nitrogens is 2. The molecule has 170 valence electrons. The average Bonchev–Trinajstić information content (AvgIpc) is 3.24. The van der Waals surface area contributed by atoms with Gasteiger partial charge in [0, 0.05) is 37.7 Å². The molecule has 32 heavy (non-hydrogen) atoms. The summed E-state index contributed by atoms with van der Waals surface area (Å²) in [6, 6.07) is 12.9. The average molecular weight is 455 g/mol. The van der Waals surface area contributed by atoms with Crippen molar-refractivity contribution in [1.82, 2.24) is 19.2 Å². The van der Waals surface area contributed by atoms with Gasteiger partial charge in [0.25, 0.3) is 5.91 Å². The summed E-state index contributed by atoms with van der Waals surface area (Å²) in [6.07, 6.45) is 1.84. The zero-order valence-corrected chi connectivity index (χ0v) is 19.7. The van der Waals surface area contributed by atoms with Gasteiger partial charge in [-0.25, -0.2) is 13.4 Å². The van der Waals surface area contributed by atoms with Gasteiger partial charge in [-0.15, -0.1) is 0 Å². The molecule has 1 saturated heterocycles. The Morgan fingerprint density at radius 2 is 1.94 bits per heavy atom. The number of imidazole rings is 1. The summed E-state index contributed by atoms with van der Waals surface area (Å²) in [5.41, 5.74) is 2.98. The summed E-state index contributed by atoms with van der Waals surface area (Å²) < 4.78 is 27.6. The number of sulfonamides is 1. The predicted octanol–water partition coefficient (Wildman–Crippen LogP) is 3.92. The Labute approximate surface area is 189 Å². The number of hydrogen-bond acceptors (Lipinski definition) is 4. The summed E-state index contributed by atoms with van der Waals surface area (Å²) in [6.45, 7) is 7.40. The Morgan fingerprint density at radius 3 is 2.66 bits per heavy atom. The molecule has 2 heterocycles. The summed E-state index contributed by atoms with van der Waals surface area (Å²) in [5.74, 6) is 0.892. The Kier molecular flexibility index (Phi) is 6.35. The molecule has 1 atom stereocenters. The van der Waals surface area contributed by atoms with Crippen molar-refractivity contribution in [3.63, 3.8) is 0 Å². The first kappa shape index (κ1) is 22.5. The lowest BCUT2D eigenvalue weighted by molar-refractivity contribution is 0.0704. The highest BCUT2D eigenvalue weighted by Gasteiger charge is 2.29. The molecule has 3 aromatic rings. The topological polar surface area (TPSA) is 86.4 Å². The zero-order chi connectivity index (χ0) is 22.9. The summed E-state index contributed by atoms with van der Waals surface area (Å²) in [5, 5.41) is 0. The first-order chi connectivity index (χ1) is 15.3. The van der Waals surface area contributed by atoms with Gasteiger partial charge in [0.05, 0.1) is 15.9 Å². The van der Waals surface area contributed by atoms with Crippen molar-refractivity contribution in [2.75, 3.05) is 26.2 Å². The molecule has 1 amide bonds. The van der Waals surface area contributed by atoms with Crippen LogP contribution < -0.4 is 0 Å². The minimum atomic E-state index is -3.64. The fourth-order valence-electron chi connectivity index (χ4n) is 4.45. The molecule has 0 aliphatic carbocycles. The van der Waals surface area contributed by atoms with Crippen molar-refractivity contribution in [2.24, 2.45) is 0 Å². The maximum absolute atomic E-state index is 13.3. The highest BCUT2D eigenvalue weighted by Crippen LogP contribution is 2.28. The molecule has 2 aromatic carbocycles. The second-order valence-electron chi connectivity index (χ2n) is 8.30. The molecule has 0 unspecified atom stereocenters. The van der Waals surface area contributed by atoms with Gasteiger partial charge in [-0.2, -0.15) is 4.31 Å². The summed E-state index contributed by atoms with van der Waals surface area (Å²) >= 11 is 0.